The van der Waals surface area contributed by atoms with Gasteiger partial charge in [-0.3, -0.25) is 9.59 Å². The first kappa shape index (κ1) is 17.8. The van der Waals surface area contributed by atoms with E-state index in [0.717, 1.165) is 24.6 Å². The van der Waals surface area contributed by atoms with Gasteiger partial charge in [-0.2, -0.15) is 0 Å². The number of anilines is 1. The molecule has 0 bridgehead atoms. The van der Waals surface area contributed by atoms with E-state index in [1.807, 2.05) is 13.8 Å². The van der Waals surface area contributed by atoms with Crippen LogP contribution in [0.25, 0.3) is 0 Å². The number of piperidine rings is 1. The third kappa shape index (κ3) is 3.51. The molecular formula is C18H23F2N3O2. The van der Waals surface area contributed by atoms with Gasteiger partial charge < -0.3 is 15.5 Å². The Kier molecular flexibility index (Phi) is 4.53. The lowest BCUT2D eigenvalue weighted by molar-refractivity contribution is -0.139. The van der Waals surface area contributed by atoms with Crippen LogP contribution in [0.5, 0.6) is 0 Å². The number of hydrogen-bond donors (Lipinski definition) is 1. The normalized spacial score (nSPS) is 26.2. The van der Waals surface area contributed by atoms with Crippen LogP contribution in [0.15, 0.2) is 18.2 Å². The number of carbonyl (C=O) groups is 2. The summed E-state index contributed by atoms with van der Waals surface area (Å²) in [7, 11) is 0. The molecule has 25 heavy (non-hydrogen) atoms. The summed E-state index contributed by atoms with van der Waals surface area (Å²) in [5, 5.41) is 0. The van der Waals surface area contributed by atoms with Crippen LogP contribution in [0.3, 0.4) is 0 Å². The van der Waals surface area contributed by atoms with E-state index in [1.54, 1.807) is 4.90 Å². The standard InChI is InChI=1S/C18H23F2N3O2/c1-18(2)10-22(4-3-15(18)21)17(25)11-5-16(24)23(9-11)14-7-12(19)6-13(20)8-14/h6-8,11,15H,3-5,9-10,21H2,1-2H3. The lowest BCUT2D eigenvalue weighted by Gasteiger charge is -2.43. The van der Waals surface area contributed by atoms with Gasteiger partial charge in [-0.25, -0.2) is 8.78 Å². The molecule has 2 heterocycles. The van der Waals surface area contributed by atoms with Gasteiger partial charge in [0.2, 0.25) is 11.8 Å². The number of halogens is 2. The van der Waals surface area contributed by atoms with Crippen molar-refractivity contribution in [3.05, 3.63) is 29.8 Å². The third-order valence-electron chi connectivity index (χ3n) is 5.26. The first-order chi connectivity index (χ1) is 11.7. The van der Waals surface area contributed by atoms with Gasteiger partial charge in [0.15, 0.2) is 0 Å². The van der Waals surface area contributed by atoms with Gasteiger partial charge in [-0.05, 0) is 24.0 Å². The predicted octanol–water partition coefficient (Wildman–Crippen LogP) is 1.90. The molecule has 2 N–H and O–H groups in total. The van der Waals surface area contributed by atoms with Crippen LogP contribution in [-0.4, -0.2) is 42.4 Å². The molecule has 1 aromatic carbocycles. The van der Waals surface area contributed by atoms with Crippen molar-refractivity contribution in [3.8, 4) is 0 Å². The highest BCUT2D eigenvalue weighted by atomic mass is 19.1. The molecule has 2 unspecified atom stereocenters. The Morgan fingerprint density at radius 2 is 1.88 bits per heavy atom. The molecular weight excluding hydrogens is 328 g/mol. The molecule has 0 spiro atoms. The van der Waals surface area contributed by atoms with Crippen molar-refractivity contribution in [2.45, 2.75) is 32.7 Å². The van der Waals surface area contributed by atoms with E-state index in [4.69, 9.17) is 5.73 Å². The van der Waals surface area contributed by atoms with Gasteiger partial charge in [0.25, 0.3) is 0 Å². The summed E-state index contributed by atoms with van der Waals surface area (Å²) >= 11 is 0. The number of hydrogen-bond acceptors (Lipinski definition) is 3. The van der Waals surface area contributed by atoms with Crippen molar-refractivity contribution < 1.29 is 18.4 Å². The minimum Gasteiger partial charge on any atom is -0.342 e. The van der Waals surface area contributed by atoms with Gasteiger partial charge >= 0.3 is 0 Å². The molecule has 2 aliphatic heterocycles. The highest BCUT2D eigenvalue weighted by molar-refractivity contribution is 6.00. The highest BCUT2D eigenvalue weighted by Gasteiger charge is 2.41. The van der Waals surface area contributed by atoms with Crippen molar-refractivity contribution in [2.75, 3.05) is 24.5 Å². The van der Waals surface area contributed by atoms with Crippen LogP contribution in [-0.2, 0) is 9.59 Å². The van der Waals surface area contributed by atoms with Crippen LogP contribution in [0.1, 0.15) is 26.7 Å². The van der Waals surface area contributed by atoms with E-state index in [0.29, 0.717) is 13.1 Å². The maximum absolute atomic E-state index is 13.4. The summed E-state index contributed by atoms with van der Waals surface area (Å²) in [6, 6.07) is 3.01. The van der Waals surface area contributed by atoms with E-state index in [1.165, 1.54) is 4.90 Å². The van der Waals surface area contributed by atoms with Crippen LogP contribution in [0.2, 0.25) is 0 Å². The van der Waals surface area contributed by atoms with Crippen molar-refractivity contribution in [1.82, 2.24) is 4.90 Å². The van der Waals surface area contributed by atoms with Crippen molar-refractivity contribution >= 4 is 17.5 Å². The zero-order valence-corrected chi connectivity index (χ0v) is 14.5. The molecule has 5 nitrogen and oxygen atoms in total. The fourth-order valence-electron chi connectivity index (χ4n) is 3.64. The lowest BCUT2D eigenvalue weighted by atomic mass is 9.79. The fourth-order valence-corrected chi connectivity index (χ4v) is 3.64. The molecule has 0 aliphatic carbocycles. The van der Waals surface area contributed by atoms with Crippen LogP contribution in [0, 0.1) is 23.0 Å². The molecule has 2 aliphatic rings. The Morgan fingerprint density at radius 1 is 1.24 bits per heavy atom. The van der Waals surface area contributed by atoms with E-state index < -0.39 is 17.6 Å². The van der Waals surface area contributed by atoms with Crippen molar-refractivity contribution in [2.24, 2.45) is 17.1 Å². The van der Waals surface area contributed by atoms with Gasteiger partial charge in [0.05, 0.1) is 5.92 Å². The minimum atomic E-state index is -0.746. The zero-order chi connectivity index (χ0) is 18.4. The molecule has 3 rings (SSSR count). The SMILES string of the molecule is CC1(C)CN(C(=O)C2CC(=O)N(c3cc(F)cc(F)c3)C2)CCC1N. The molecule has 2 amide bonds. The molecule has 7 heteroatoms. The van der Waals surface area contributed by atoms with E-state index in [2.05, 4.69) is 0 Å². The van der Waals surface area contributed by atoms with Gasteiger partial charge in [0, 0.05) is 43.9 Å². The highest BCUT2D eigenvalue weighted by Crippen LogP contribution is 2.32. The van der Waals surface area contributed by atoms with Crippen molar-refractivity contribution in [3.63, 3.8) is 0 Å². The van der Waals surface area contributed by atoms with E-state index in [9.17, 15) is 18.4 Å². The Balaban J connectivity index is 1.73. The Labute approximate surface area is 145 Å². The second-order valence-corrected chi connectivity index (χ2v) is 7.68. The number of carbonyl (C=O) groups excluding carboxylic acids is 2. The van der Waals surface area contributed by atoms with Crippen molar-refractivity contribution in [1.29, 1.82) is 0 Å². The van der Waals surface area contributed by atoms with Gasteiger partial charge in [-0.1, -0.05) is 13.8 Å². The number of benzene rings is 1. The second-order valence-electron chi connectivity index (χ2n) is 7.68. The molecule has 2 atom stereocenters. The number of amides is 2. The number of likely N-dealkylation sites (tertiary alicyclic amines) is 1. The topological polar surface area (TPSA) is 66.6 Å². The maximum atomic E-state index is 13.4. The zero-order valence-electron chi connectivity index (χ0n) is 14.5. The van der Waals surface area contributed by atoms with E-state index >= 15 is 0 Å². The van der Waals surface area contributed by atoms with Crippen LogP contribution >= 0.6 is 0 Å². The summed E-state index contributed by atoms with van der Waals surface area (Å²) in [6.07, 6.45) is 0.776. The second kappa shape index (κ2) is 6.37. The molecule has 0 saturated carbocycles. The van der Waals surface area contributed by atoms with Gasteiger partial charge in [-0.15, -0.1) is 0 Å². The Morgan fingerprint density at radius 3 is 2.48 bits per heavy atom. The summed E-state index contributed by atoms with van der Waals surface area (Å²) < 4.78 is 26.8. The first-order valence-corrected chi connectivity index (χ1v) is 8.48. The predicted molar refractivity (Wildman–Crippen MR) is 89.8 cm³/mol. The summed E-state index contributed by atoms with van der Waals surface area (Å²) in [4.78, 5) is 28.1. The molecule has 2 fully saturated rings. The molecule has 0 radical (unpaired) electrons. The summed E-state index contributed by atoms with van der Waals surface area (Å²) in [6.45, 7) is 5.32. The molecule has 0 aromatic heterocycles. The number of nitrogens with zero attached hydrogens (tertiary/aromatic N) is 2. The number of rotatable bonds is 2. The third-order valence-corrected chi connectivity index (χ3v) is 5.26. The van der Waals surface area contributed by atoms with E-state index in [-0.39, 0.29) is 41.9 Å². The average Bonchev–Trinajstić information content (AvgIpc) is 2.90. The molecule has 136 valence electrons. The van der Waals surface area contributed by atoms with Crippen LogP contribution in [0.4, 0.5) is 14.5 Å². The number of nitrogens with two attached hydrogens (primary N) is 1. The Bertz CT molecular complexity index is 687. The quantitative estimate of drug-likeness (QED) is 0.885. The summed E-state index contributed by atoms with van der Waals surface area (Å²) in [5.74, 6) is -2.37. The maximum Gasteiger partial charge on any atom is 0.228 e. The lowest BCUT2D eigenvalue weighted by Crippen LogP contribution is -2.55. The fraction of sp³-hybridized carbons (Fsp3) is 0.556. The van der Waals surface area contributed by atoms with Gasteiger partial charge in [0.1, 0.15) is 11.6 Å². The monoisotopic (exact) mass is 351 g/mol. The summed E-state index contributed by atoms with van der Waals surface area (Å²) in [5.41, 5.74) is 6.08. The minimum absolute atomic E-state index is 0.0357. The average molecular weight is 351 g/mol. The largest absolute Gasteiger partial charge is 0.342 e. The molecule has 2 saturated heterocycles. The molecule has 1 aromatic rings. The van der Waals surface area contributed by atoms with Crippen LogP contribution < -0.4 is 10.6 Å². The Hall–Kier alpha value is -2.02. The first-order valence-electron chi connectivity index (χ1n) is 8.48. The smallest absolute Gasteiger partial charge is 0.228 e.